The van der Waals surface area contributed by atoms with Crippen molar-refractivity contribution in [2.75, 3.05) is 11.4 Å². The van der Waals surface area contributed by atoms with Gasteiger partial charge in [0.1, 0.15) is 18.0 Å². The Morgan fingerprint density at radius 2 is 1.82 bits per heavy atom. The van der Waals surface area contributed by atoms with Crippen molar-refractivity contribution < 1.29 is 19.1 Å². The summed E-state index contributed by atoms with van der Waals surface area (Å²) in [5.74, 6) is 0.592. The van der Waals surface area contributed by atoms with Crippen molar-refractivity contribution in [3.05, 3.63) is 59.8 Å². The van der Waals surface area contributed by atoms with E-state index in [-0.39, 0.29) is 30.9 Å². The van der Waals surface area contributed by atoms with Crippen LogP contribution in [0.1, 0.15) is 70.0 Å². The maximum absolute atomic E-state index is 12.9. The molecule has 33 heavy (non-hydrogen) atoms. The lowest BCUT2D eigenvalue weighted by Crippen LogP contribution is -2.47. The van der Waals surface area contributed by atoms with Crippen molar-refractivity contribution in [3.8, 4) is 0 Å². The van der Waals surface area contributed by atoms with Gasteiger partial charge in [0.2, 0.25) is 0 Å². The Bertz CT molecular complexity index is 952. The summed E-state index contributed by atoms with van der Waals surface area (Å²) >= 11 is 0. The van der Waals surface area contributed by atoms with E-state index in [2.05, 4.69) is 4.98 Å². The molecule has 2 heterocycles. The molecule has 176 valence electrons. The Morgan fingerprint density at radius 1 is 1.06 bits per heavy atom. The van der Waals surface area contributed by atoms with Crippen LogP contribution >= 0.6 is 0 Å². The van der Waals surface area contributed by atoms with Crippen molar-refractivity contribution >= 4 is 18.0 Å². The Labute approximate surface area is 195 Å². The first-order chi connectivity index (χ1) is 15.8. The monoisotopic (exact) mass is 451 g/mol. The quantitative estimate of drug-likeness (QED) is 0.570. The molecule has 2 aromatic rings. The summed E-state index contributed by atoms with van der Waals surface area (Å²) in [6, 6.07) is 13.6. The van der Waals surface area contributed by atoms with Crippen LogP contribution in [0.2, 0.25) is 0 Å². The third-order valence-electron chi connectivity index (χ3n) is 6.12. The highest BCUT2D eigenvalue weighted by Gasteiger charge is 2.35. The van der Waals surface area contributed by atoms with Gasteiger partial charge in [-0.3, -0.25) is 4.90 Å². The summed E-state index contributed by atoms with van der Waals surface area (Å²) in [5.41, 5.74) is 1.35. The number of amides is 2. The van der Waals surface area contributed by atoms with Gasteiger partial charge in [-0.25, -0.2) is 14.6 Å². The van der Waals surface area contributed by atoms with E-state index in [1.165, 1.54) is 0 Å². The molecule has 1 saturated heterocycles. The van der Waals surface area contributed by atoms with Gasteiger partial charge in [-0.15, -0.1) is 0 Å². The number of pyridine rings is 1. The number of carbonyl (C=O) groups excluding carboxylic acids is 2. The van der Waals surface area contributed by atoms with Crippen LogP contribution in [0.4, 0.5) is 15.4 Å². The normalized spacial score (nSPS) is 18.5. The highest BCUT2D eigenvalue weighted by Crippen LogP contribution is 2.34. The fourth-order valence-corrected chi connectivity index (χ4v) is 4.26. The summed E-state index contributed by atoms with van der Waals surface area (Å²) < 4.78 is 11.2. The molecule has 2 amide bonds. The van der Waals surface area contributed by atoms with Crippen LogP contribution in [0.3, 0.4) is 0 Å². The van der Waals surface area contributed by atoms with E-state index < -0.39 is 5.60 Å². The minimum absolute atomic E-state index is 0.0755. The second-order valence-corrected chi connectivity index (χ2v) is 9.78. The molecule has 0 N–H and O–H groups in total. The summed E-state index contributed by atoms with van der Waals surface area (Å²) in [6.45, 7) is 6.52. The number of hydrogen-bond acceptors (Lipinski definition) is 5. The summed E-state index contributed by atoms with van der Waals surface area (Å²) in [5, 5.41) is 0. The Kier molecular flexibility index (Phi) is 6.86. The minimum Gasteiger partial charge on any atom is -0.445 e. The summed E-state index contributed by atoms with van der Waals surface area (Å²) in [6.07, 6.45) is 5.88. The van der Waals surface area contributed by atoms with Crippen molar-refractivity contribution in [2.24, 2.45) is 0 Å². The van der Waals surface area contributed by atoms with Crippen molar-refractivity contribution in [1.29, 1.82) is 0 Å². The first kappa shape index (κ1) is 23.1. The molecule has 2 fully saturated rings. The van der Waals surface area contributed by atoms with Crippen molar-refractivity contribution in [1.82, 2.24) is 9.88 Å². The molecule has 0 spiro atoms. The van der Waals surface area contributed by atoms with E-state index >= 15 is 0 Å². The highest BCUT2D eigenvalue weighted by molar-refractivity contribution is 5.87. The van der Waals surface area contributed by atoms with Gasteiger partial charge in [-0.1, -0.05) is 36.4 Å². The smallest absolute Gasteiger partial charge is 0.416 e. The largest absolute Gasteiger partial charge is 0.445 e. The first-order valence-electron chi connectivity index (χ1n) is 11.8. The van der Waals surface area contributed by atoms with Gasteiger partial charge in [-0.2, -0.15) is 0 Å². The maximum Gasteiger partial charge on any atom is 0.416 e. The molecule has 1 aliphatic carbocycles. The van der Waals surface area contributed by atoms with E-state index in [4.69, 9.17) is 9.47 Å². The lowest BCUT2D eigenvalue weighted by Gasteiger charge is -2.37. The standard InChI is InChI=1S/C26H33N3O4/c1-26(2,3)33-25(31)29(21-11-7-12-21)23-15-14-20(17-27-23)22-13-8-16-28(22)24(30)32-18-19-9-5-4-6-10-19/h4-6,9-10,14-15,17,21-22H,7-8,11-13,16,18H2,1-3H3. The van der Waals surface area contributed by atoms with Crippen molar-refractivity contribution in [3.63, 3.8) is 0 Å². The second kappa shape index (κ2) is 9.81. The number of likely N-dealkylation sites (tertiary alicyclic amines) is 1. The Balaban J connectivity index is 1.44. The molecule has 1 aromatic carbocycles. The highest BCUT2D eigenvalue weighted by atomic mass is 16.6. The lowest BCUT2D eigenvalue weighted by atomic mass is 9.91. The molecule has 1 unspecified atom stereocenters. The van der Waals surface area contributed by atoms with Crippen LogP contribution in [0.5, 0.6) is 0 Å². The predicted molar refractivity (Wildman–Crippen MR) is 126 cm³/mol. The van der Waals surface area contributed by atoms with Crippen LogP contribution < -0.4 is 4.90 Å². The molecule has 1 aliphatic heterocycles. The molecule has 7 nitrogen and oxygen atoms in total. The van der Waals surface area contributed by atoms with Crippen LogP contribution in [-0.4, -0.2) is 40.3 Å². The van der Waals surface area contributed by atoms with Gasteiger partial charge in [0.05, 0.1) is 6.04 Å². The molecular formula is C26H33N3O4. The summed E-state index contributed by atoms with van der Waals surface area (Å²) in [7, 11) is 0. The lowest BCUT2D eigenvalue weighted by molar-refractivity contribution is 0.0548. The minimum atomic E-state index is -0.566. The SMILES string of the molecule is CC(C)(C)OC(=O)N(c1ccc(C2CCCN2C(=O)OCc2ccccc2)cn1)C1CCC1. The molecule has 1 aromatic heterocycles. The van der Waals surface area contributed by atoms with E-state index in [1.807, 2.05) is 63.2 Å². The third kappa shape index (κ3) is 5.64. The predicted octanol–water partition coefficient (Wildman–Crippen LogP) is 5.85. The number of ether oxygens (including phenoxy) is 2. The van der Waals surface area contributed by atoms with E-state index in [9.17, 15) is 9.59 Å². The molecular weight excluding hydrogens is 418 g/mol. The number of anilines is 1. The second-order valence-electron chi connectivity index (χ2n) is 9.78. The van der Waals surface area contributed by atoms with Crippen LogP contribution in [0, 0.1) is 0 Å². The molecule has 4 rings (SSSR count). The maximum atomic E-state index is 12.9. The Hall–Kier alpha value is -3.09. The molecule has 0 radical (unpaired) electrons. The molecule has 7 heteroatoms. The number of rotatable bonds is 5. The Morgan fingerprint density at radius 3 is 2.42 bits per heavy atom. The third-order valence-corrected chi connectivity index (χ3v) is 6.12. The topological polar surface area (TPSA) is 72.0 Å². The average molecular weight is 452 g/mol. The molecule has 2 aliphatic rings. The number of nitrogens with zero attached hydrogens (tertiary/aromatic N) is 3. The number of benzene rings is 1. The average Bonchev–Trinajstić information content (AvgIpc) is 3.24. The van der Waals surface area contributed by atoms with Gasteiger partial charge < -0.3 is 14.4 Å². The van der Waals surface area contributed by atoms with E-state index in [0.29, 0.717) is 12.4 Å². The zero-order valence-corrected chi connectivity index (χ0v) is 19.7. The first-order valence-corrected chi connectivity index (χ1v) is 11.8. The van der Waals surface area contributed by atoms with Crippen molar-refractivity contribution in [2.45, 2.75) is 77.2 Å². The fourth-order valence-electron chi connectivity index (χ4n) is 4.26. The van der Waals surface area contributed by atoms with Crippen LogP contribution in [0.15, 0.2) is 48.7 Å². The van der Waals surface area contributed by atoms with E-state index in [1.54, 1.807) is 16.0 Å². The van der Waals surface area contributed by atoms with Gasteiger partial charge in [0.25, 0.3) is 0 Å². The number of hydrogen-bond donors (Lipinski definition) is 0. The van der Waals surface area contributed by atoms with Gasteiger partial charge in [-0.05, 0) is 70.1 Å². The zero-order valence-electron chi connectivity index (χ0n) is 19.7. The van der Waals surface area contributed by atoms with Crippen LogP contribution in [-0.2, 0) is 16.1 Å². The number of aromatic nitrogens is 1. The molecule has 1 atom stereocenters. The number of carbonyl (C=O) groups is 2. The summed E-state index contributed by atoms with van der Waals surface area (Å²) in [4.78, 5) is 33.7. The van der Waals surface area contributed by atoms with Gasteiger partial charge in [0.15, 0.2) is 0 Å². The van der Waals surface area contributed by atoms with E-state index in [0.717, 1.165) is 43.2 Å². The molecule has 1 saturated carbocycles. The molecule has 0 bridgehead atoms. The zero-order chi connectivity index (χ0) is 23.4. The van der Waals surface area contributed by atoms with Crippen LogP contribution in [0.25, 0.3) is 0 Å². The van der Waals surface area contributed by atoms with Gasteiger partial charge >= 0.3 is 12.2 Å². The van der Waals surface area contributed by atoms with Gasteiger partial charge in [0, 0.05) is 18.8 Å². The fraction of sp³-hybridized carbons (Fsp3) is 0.500.